The molecule has 0 aliphatic carbocycles. The predicted octanol–water partition coefficient (Wildman–Crippen LogP) is -0.420. The Morgan fingerprint density at radius 3 is 2.83 bits per heavy atom. The molecule has 3 heterocycles. The number of rotatable bonds is 2. The van der Waals surface area contributed by atoms with Crippen molar-refractivity contribution in [1.29, 1.82) is 0 Å². The van der Waals surface area contributed by atoms with E-state index in [1.807, 2.05) is 0 Å². The highest BCUT2D eigenvalue weighted by molar-refractivity contribution is 6.05. The number of aliphatic hydroxyl groups excluding tert-OH is 1. The highest BCUT2D eigenvalue weighted by Crippen LogP contribution is 2.38. The smallest absolute Gasteiger partial charge is 0.255 e. The maximum Gasteiger partial charge on any atom is 0.255 e. The zero-order valence-electron chi connectivity index (χ0n) is 12.8. The van der Waals surface area contributed by atoms with Crippen LogP contribution in [0.1, 0.15) is 28.8 Å². The van der Waals surface area contributed by atoms with Gasteiger partial charge in [0.25, 0.3) is 5.91 Å². The SMILES string of the molecule is O=C1CC[C@H](N2Cc3cc4c(cc3C2=O)OC[C@H](CO)O4)C(=O)N1. The van der Waals surface area contributed by atoms with E-state index in [2.05, 4.69) is 5.32 Å². The average Bonchev–Trinajstić information content (AvgIpc) is 2.88. The van der Waals surface area contributed by atoms with E-state index in [1.165, 1.54) is 4.90 Å². The van der Waals surface area contributed by atoms with Crippen LogP contribution in [0, 0.1) is 0 Å². The number of nitrogens with one attached hydrogen (secondary N) is 1. The molecular weight excluding hydrogens is 316 g/mol. The lowest BCUT2D eigenvalue weighted by atomic mass is 10.0. The summed E-state index contributed by atoms with van der Waals surface area (Å²) in [6.07, 6.45) is 0.111. The van der Waals surface area contributed by atoms with E-state index in [9.17, 15) is 19.5 Å². The number of benzene rings is 1. The number of imide groups is 1. The normalized spacial score (nSPS) is 25.5. The minimum absolute atomic E-state index is 0.155. The number of hydrogen-bond donors (Lipinski definition) is 2. The zero-order chi connectivity index (χ0) is 16.8. The molecule has 0 radical (unpaired) electrons. The Kier molecular flexibility index (Phi) is 3.42. The molecule has 1 saturated heterocycles. The Hall–Kier alpha value is -2.61. The largest absolute Gasteiger partial charge is 0.486 e. The number of nitrogens with zero attached hydrogens (tertiary/aromatic N) is 1. The molecule has 1 aromatic carbocycles. The van der Waals surface area contributed by atoms with Crippen LogP contribution in [0.3, 0.4) is 0 Å². The Balaban J connectivity index is 1.61. The molecule has 126 valence electrons. The molecule has 4 rings (SSSR count). The molecule has 1 fully saturated rings. The predicted molar refractivity (Wildman–Crippen MR) is 79.5 cm³/mol. The summed E-state index contributed by atoms with van der Waals surface area (Å²) in [5, 5.41) is 11.4. The Morgan fingerprint density at radius 2 is 2.08 bits per heavy atom. The van der Waals surface area contributed by atoms with Gasteiger partial charge in [-0.1, -0.05) is 0 Å². The number of ether oxygens (including phenoxy) is 2. The molecule has 24 heavy (non-hydrogen) atoms. The van der Waals surface area contributed by atoms with Gasteiger partial charge < -0.3 is 19.5 Å². The summed E-state index contributed by atoms with van der Waals surface area (Å²) in [6, 6.07) is 2.69. The Bertz CT molecular complexity index is 746. The van der Waals surface area contributed by atoms with E-state index in [-0.39, 0.29) is 38.0 Å². The summed E-state index contributed by atoms with van der Waals surface area (Å²) < 4.78 is 11.2. The van der Waals surface area contributed by atoms with Crippen LogP contribution in [-0.4, -0.2) is 53.1 Å². The number of amides is 3. The second kappa shape index (κ2) is 5.48. The van der Waals surface area contributed by atoms with Gasteiger partial charge in [0.2, 0.25) is 11.8 Å². The van der Waals surface area contributed by atoms with Crippen LogP contribution >= 0.6 is 0 Å². The minimum atomic E-state index is -0.647. The Labute approximate surface area is 137 Å². The van der Waals surface area contributed by atoms with E-state index in [4.69, 9.17) is 9.47 Å². The first-order valence-electron chi connectivity index (χ1n) is 7.78. The third-order valence-electron chi connectivity index (χ3n) is 4.51. The summed E-state index contributed by atoms with van der Waals surface area (Å²) in [7, 11) is 0. The highest BCUT2D eigenvalue weighted by atomic mass is 16.6. The van der Waals surface area contributed by atoms with Crippen molar-refractivity contribution in [3.05, 3.63) is 23.3 Å². The third-order valence-corrected chi connectivity index (χ3v) is 4.51. The average molecular weight is 332 g/mol. The Morgan fingerprint density at radius 1 is 1.25 bits per heavy atom. The number of piperidine rings is 1. The molecule has 2 N–H and O–H groups in total. The van der Waals surface area contributed by atoms with Crippen molar-refractivity contribution in [3.63, 3.8) is 0 Å². The van der Waals surface area contributed by atoms with Gasteiger partial charge in [0.1, 0.15) is 12.6 Å². The van der Waals surface area contributed by atoms with Crippen molar-refractivity contribution >= 4 is 17.7 Å². The lowest BCUT2D eigenvalue weighted by Crippen LogP contribution is -2.52. The van der Waals surface area contributed by atoms with Crippen LogP contribution in [-0.2, 0) is 16.1 Å². The van der Waals surface area contributed by atoms with Gasteiger partial charge in [0.05, 0.1) is 6.61 Å². The molecule has 0 unspecified atom stereocenters. The van der Waals surface area contributed by atoms with Crippen molar-refractivity contribution < 1.29 is 29.0 Å². The van der Waals surface area contributed by atoms with Crippen LogP contribution in [0.5, 0.6) is 11.5 Å². The molecule has 3 aliphatic rings. The number of carbonyl (C=O) groups excluding carboxylic acids is 3. The number of fused-ring (bicyclic) bond motifs is 2. The summed E-state index contributed by atoms with van der Waals surface area (Å²) in [6.45, 7) is 0.339. The molecule has 1 aromatic rings. The molecule has 3 aliphatic heterocycles. The number of hydrogen-bond acceptors (Lipinski definition) is 6. The lowest BCUT2D eigenvalue weighted by Gasteiger charge is -2.29. The standard InChI is InChI=1S/C16H16N2O6/c19-6-9-7-23-12-4-10-8(3-13(12)24-9)5-18(16(10)22)11-1-2-14(20)17-15(11)21/h3-4,9,11,19H,1-2,5-7H2,(H,17,20,21)/t9-,11-/m0/s1. The third kappa shape index (κ3) is 2.30. The van der Waals surface area contributed by atoms with Crippen LogP contribution in [0.4, 0.5) is 0 Å². The molecule has 2 atom stereocenters. The van der Waals surface area contributed by atoms with E-state index < -0.39 is 18.1 Å². The van der Waals surface area contributed by atoms with E-state index in [1.54, 1.807) is 12.1 Å². The minimum Gasteiger partial charge on any atom is -0.486 e. The van der Waals surface area contributed by atoms with E-state index in [0.29, 0.717) is 23.5 Å². The quantitative estimate of drug-likeness (QED) is 0.713. The van der Waals surface area contributed by atoms with Gasteiger partial charge in [-0.3, -0.25) is 19.7 Å². The maximum absolute atomic E-state index is 12.7. The fourth-order valence-electron chi connectivity index (χ4n) is 3.26. The van der Waals surface area contributed by atoms with E-state index in [0.717, 1.165) is 5.56 Å². The van der Waals surface area contributed by atoms with Gasteiger partial charge in [0.15, 0.2) is 17.6 Å². The second-order valence-corrected chi connectivity index (χ2v) is 6.09. The van der Waals surface area contributed by atoms with E-state index >= 15 is 0 Å². The van der Waals surface area contributed by atoms with Crippen LogP contribution in [0.25, 0.3) is 0 Å². The number of carbonyl (C=O) groups is 3. The van der Waals surface area contributed by atoms with Crippen LogP contribution in [0.2, 0.25) is 0 Å². The summed E-state index contributed by atoms with van der Waals surface area (Å²) >= 11 is 0. The summed E-state index contributed by atoms with van der Waals surface area (Å²) in [5.41, 5.74) is 1.22. The first kappa shape index (κ1) is 14.9. The molecule has 8 nitrogen and oxygen atoms in total. The van der Waals surface area contributed by atoms with Crippen molar-refractivity contribution in [3.8, 4) is 11.5 Å². The summed E-state index contributed by atoms with van der Waals surface area (Å²) in [4.78, 5) is 37.4. The van der Waals surface area contributed by atoms with Gasteiger partial charge in [-0.25, -0.2) is 0 Å². The fraction of sp³-hybridized carbons (Fsp3) is 0.438. The van der Waals surface area contributed by atoms with Gasteiger partial charge >= 0.3 is 0 Å². The molecule has 8 heteroatoms. The van der Waals surface area contributed by atoms with Crippen LogP contribution < -0.4 is 14.8 Å². The fourth-order valence-corrected chi connectivity index (χ4v) is 3.26. The molecular formula is C16H16N2O6. The van der Waals surface area contributed by atoms with Crippen molar-refractivity contribution in [2.45, 2.75) is 31.5 Å². The van der Waals surface area contributed by atoms with Crippen molar-refractivity contribution in [2.75, 3.05) is 13.2 Å². The monoisotopic (exact) mass is 332 g/mol. The topological polar surface area (TPSA) is 105 Å². The van der Waals surface area contributed by atoms with Gasteiger partial charge in [-0.2, -0.15) is 0 Å². The molecule has 0 saturated carbocycles. The highest BCUT2D eigenvalue weighted by Gasteiger charge is 2.40. The molecule has 3 amide bonds. The van der Waals surface area contributed by atoms with Gasteiger partial charge in [0, 0.05) is 18.5 Å². The van der Waals surface area contributed by atoms with Gasteiger partial charge in [-0.05, 0) is 24.1 Å². The zero-order valence-corrected chi connectivity index (χ0v) is 12.8. The molecule has 0 spiro atoms. The van der Waals surface area contributed by atoms with Crippen molar-refractivity contribution in [2.24, 2.45) is 0 Å². The van der Waals surface area contributed by atoms with Crippen molar-refractivity contribution in [1.82, 2.24) is 10.2 Å². The van der Waals surface area contributed by atoms with Crippen LogP contribution in [0.15, 0.2) is 12.1 Å². The molecule has 0 aromatic heterocycles. The second-order valence-electron chi connectivity index (χ2n) is 6.09. The number of aliphatic hydroxyl groups is 1. The molecule has 0 bridgehead atoms. The first-order chi connectivity index (χ1) is 11.6. The first-order valence-corrected chi connectivity index (χ1v) is 7.78. The maximum atomic E-state index is 12.7. The lowest BCUT2D eigenvalue weighted by molar-refractivity contribution is -0.136. The summed E-state index contributed by atoms with van der Waals surface area (Å²) in [5.74, 6) is -0.0678. The van der Waals surface area contributed by atoms with Gasteiger partial charge in [-0.15, -0.1) is 0 Å².